The fourth-order valence-corrected chi connectivity index (χ4v) is 3.01. The number of fused-ring (bicyclic) bond motifs is 1. The first-order chi connectivity index (χ1) is 9.56. The lowest BCUT2D eigenvalue weighted by Crippen LogP contribution is -2.00. The van der Waals surface area contributed by atoms with Gasteiger partial charge in [-0.05, 0) is 18.1 Å². The third kappa shape index (κ3) is 2.10. The van der Waals surface area contributed by atoms with Crippen LogP contribution in [0.2, 0.25) is 0 Å². The number of aromatic hydroxyl groups is 1. The maximum absolute atomic E-state index is 12.5. The number of benzene rings is 1. The van der Waals surface area contributed by atoms with Crippen LogP contribution in [0, 0.1) is 0 Å². The molecule has 2 heterocycles. The quantitative estimate of drug-likeness (QED) is 0.722. The van der Waals surface area contributed by atoms with Gasteiger partial charge in [-0.15, -0.1) is 11.3 Å². The lowest BCUT2D eigenvalue weighted by molar-refractivity contribution is 0.103. The molecule has 1 aromatic carbocycles. The number of H-pyrrole nitrogens is 1. The molecule has 0 atom stereocenters. The molecule has 2 N–H and O–H groups in total. The summed E-state index contributed by atoms with van der Waals surface area (Å²) < 4.78 is 0. The van der Waals surface area contributed by atoms with E-state index in [-0.39, 0.29) is 11.5 Å². The van der Waals surface area contributed by atoms with Crippen molar-refractivity contribution in [2.45, 2.75) is 19.8 Å². The predicted molar refractivity (Wildman–Crippen MR) is 79.6 cm³/mol. The average Bonchev–Trinajstić information content (AvgIpc) is 3.04. The molecule has 0 aliphatic carbocycles. The summed E-state index contributed by atoms with van der Waals surface area (Å²) in [6.45, 7) is 4.11. The lowest BCUT2D eigenvalue weighted by Gasteiger charge is -1.98. The Kier molecular flexibility index (Phi) is 3.06. The first kappa shape index (κ1) is 12.9. The molecule has 3 aromatic rings. The standard InChI is InChI=1S/C15H14N2O2S/c1-8(2)13-7-20-15(17-13)14(19)11-6-16-12-5-9(18)3-4-10(11)12/h3-8,16,18H,1-2H3. The van der Waals surface area contributed by atoms with Crippen LogP contribution in [-0.4, -0.2) is 20.9 Å². The van der Waals surface area contributed by atoms with Crippen molar-refractivity contribution in [2.24, 2.45) is 0 Å². The summed E-state index contributed by atoms with van der Waals surface area (Å²) in [5.74, 6) is 0.404. The smallest absolute Gasteiger partial charge is 0.223 e. The third-order valence-electron chi connectivity index (χ3n) is 3.22. The summed E-state index contributed by atoms with van der Waals surface area (Å²) in [6, 6.07) is 4.92. The Hall–Kier alpha value is -2.14. The van der Waals surface area contributed by atoms with Gasteiger partial charge in [-0.25, -0.2) is 4.98 Å². The van der Waals surface area contributed by atoms with Crippen molar-refractivity contribution in [3.05, 3.63) is 46.0 Å². The molecule has 0 unspecified atom stereocenters. The molecule has 5 heteroatoms. The normalized spacial score (nSPS) is 11.3. The van der Waals surface area contributed by atoms with E-state index < -0.39 is 0 Å². The zero-order valence-corrected chi connectivity index (χ0v) is 12.0. The fourth-order valence-electron chi connectivity index (χ4n) is 2.07. The van der Waals surface area contributed by atoms with Crippen LogP contribution in [0.1, 0.15) is 40.8 Å². The molecule has 0 saturated carbocycles. The van der Waals surface area contributed by atoms with E-state index in [1.54, 1.807) is 24.4 Å². The summed E-state index contributed by atoms with van der Waals surface area (Å²) in [7, 11) is 0. The Morgan fingerprint density at radius 3 is 2.90 bits per heavy atom. The van der Waals surface area contributed by atoms with Crippen molar-refractivity contribution >= 4 is 28.0 Å². The molecule has 0 aliphatic heterocycles. The zero-order chi connectivity index (χ0) is 14.3. The van der Waals surface area contributed by atoms with Crippen molar-refractivity contribution in [1.29, 1.82) is 0 Å². The highest BCUT2D eigenvalue weighted by atomic mass is 32.1. The highest BCUT2D eigenvalue weighted by Gasteiger charge is 2.18. The number of aromatic nitrogens is 2. The molecule has 0 spiro atoms. The Morgan fingerprint density at radius 2 is 2.20 bits per heavy atom. The van der Waals surface area contributed by atoms with Gasteiger partial charge >= 0.3 is 0 Å². The van der Waals surface area contributed by atoms with Crippen molar-refractivity contribution in [3.63, 3.8) is 0 Å². The Labute approximate surface area is 120 Å². The molecule has 0 saturated heterocycles. The number of aromatic amines is 1. The Morgan fingerprint density at radius 1 is 1.40 bits per heavy atom. The van der Waals surface area contributed by atoms with Crippen LogP contribution in [0.3, 0.4) is 0 Å². The number of hydrogen-bond acceptors (Lipinski definition) is 4. The van der Waals surface area contributed by atoms with E-state index in [1.807, 2.05) is 5.38 Å². The van der Waals surface area contributed by atoms with E-state index in [2.05, 4.69) is 23.8 Å². The molecule has 4 nitrogen and oxygen atoms in total. The average molecular weight is 286 g/mol. The number of ketones is 1. The summed E-state index contributed by atoms with van der Waals surface area (Å²) in [4.78, 5) is 19.9. The second kappa shape index (κ2) is 4.76. The Balaban J connectivity index is 2.03. The van der Waals surface area contributed by atoms with Crippen LogP contribution in [0.4, 0.5) is 0 Å². The molecule has 102 valence electrons. The Bertz CT molecular complexity index is 786. The van der Waals surface area contributed by atoms with E-state index in [9.17, 15) is 9.90 Å². The first-order valence-corrected chi connectivity index (χ1v) is 7.24. The second-order valence-corrected chi connectivity index (χ2v) is 5.85. The monoisotopic (exact) mass is 286 g/mol. The number of hydrogen-bond donors (Lipinski definition) is 2. The van der Waals surface area contributed by atoms with Crippen LogP contribution in [0.5, 0.6) is 5.75 Å². The van der Waals surface area contributed by atoms with Gasteiger partial charge in [-0.2, -0.15) is 0 Å². The summed E-state index contributed by atoms with van der Waals surface area (Å²) in [5, 5.41) is 12.7. The van der Waals surface area contributed by atoms with Gasteiger partial charge in [0.25, 0.3) is 0 Å². The van der Waals surface area contributed by atoms with Crippen LogP contribution in [-0.2, 0) is 0 Å². The number of nitrogens with zero attached hydrogens (tertiary/aromatic N) is 1. The van der Waals surface area contributed by atoms with Crippen LogP contribution < -0.4 is 0 Å². The van der Waals surface area contributed by atoms with Crippen molar-refractivity contribution in [2.75, 3.05) is 0 Å². The molecule has 0 aliphatic rings. The van der Waals surface area contributed by atoms with E-state index in [0.29, 0.717) is 16.5 Å². The van der Waals surface area contributed by atoms with Gasteiger partial charge in [-0.1, -0.05) is 13.8 Å². The maximum Gasteiger partial charge on any atom is 0.223 e. The number of rotatable bonds is 3. The van der Waals surface area contributed by atoms with Crippen LogP contribution >= 0.6 is 11.3 Å². The van der Waals surface area contributed by atoms with Gasteiger partial charge in [0.1, 0.15) is 5.75 Å². The van der Waals surface area contributed by atoms with Gasteiger partial charge in [-0.3, -0.25) is 4.79 Å². The van der Waals surface area contributed by atoms with Gasteiger partial charge in [0.05, 0.1) is 11.3 Å². The van der Waals surface area contributed by atoms with Crippen molar-refractivity contribution < 1.29 is 9.90 Å². The SMILES string of the molecule is CC(C)c1csc(C(=O)c2c[nH]c3cc(O)ccc23)n1. The number of phenols is 1. The molecule has 0 bridgehead atoms. The van der Waals surface area contributed by atoms with Crippen molar-refractivity contribution in [1.82, 2.24) is 9.97 Å². The number of phenolic OH excluding ortho intramolecular Hbond substituents is 1. The minimum absolute atomic E-state index is 0.0844. The van der Waals surface area contributed by atoms with Crippen molar-refractivity contribution in [3.8, 4) is 5.75 Å². The van der Waals surface area contributed by atoms with E-state index in [1.165, 1.54) is 11.3 Å². The number of nitrogens with one attached hydrogen (secondary N) is 1. The summed E-state index contributed by atoms with van der Waals surface area (Å²) in [6.07, 6.45) is 1.67. The van der Waals surface area contributed by atoms with E-state index >= 15 is 0 Å². The molecule has 3 rings (SSSR count). The zero-order valence-electron chi connectivity index (χ0n) is 11.2. The third-order valence-corrected chi connectivity index (χ3v) is 4.08. The largest absolute Gasteiger partial charge is 0.508 e. The lowest BCUT2D eigenvalue weighted by atomic mass is 10.1. The minimum atomic E-state index is -0.0844. The molecular weight excluding hydrogens is 272 g/mol. The second-order valence-electron chi connectivity index (χ2n) is 4.99. The molecule has 0 radical (unpaired) electrons. The topological polar surface area (TPSA) is 66.0 Å². The highest BCUT2D eigenvalue weighted by molar-refractivity contribution is 7.12. The summed E-state index contributed by atoms with van der Waals surface area (Å²) >= 11 is 1.37. The van der Waals surface area contributed by atoms with Gasteiger partial charge < -0.3 is 10.1 Å². The highest BCUT2D eigenvalue weighted by Crippen LogP contribution is 2.26. The fraction of sp³-hybridized carbons (Fsp3) is 0.200. The minimum Gasteiger partial charge on any atom is -0.508 e. The molecular formula is C15H14N2O2S. The predicted octanol–water partition coefficient (Wildman–Crippen LogP) is 3.68. The van der Waals surface area contributed by atoms with Crippen LogP contribution in [0.15, 0.2) is 29.8 Å². The molecule has 20 heavy (non-hydrogen) atoms. The van der Waals surface area contributed by atoms with E-state index in [0.717, 1.165) is 16.6 Å². The summed E-state index contributed by atoms with van der Waals surface area (Å²) in [5.41, 5.74) is 2.27. The van der Waals surface area contributed by atoms with Gasteiger partial charge in [0, 0.05) is 28.5 Å². The molecule has 0 amide bonds. The van der Waals surface area contributed by atoms with Gasteiger partial charge in [0.2, 0.25) is 5.78 Å². The molecule has 2 aromatic heterocycles. The number of thiazole rings is 1. The number of carbonyl (C=O) groups excluding carboxylic acids is 1. The first-order valence-electron chi connectivity index (χ1n) is 6.36. The van der Waals surface area contributed by atoms with E-state index in [4.69, 9.17) is 0 Å². The number of carbonyl (C=O) groups is 1. The van der Waals surface area contributed by atoms with Gasteiger partial charge in [0.15, 0.2) is 5.01 Å². The maximum atomic E-state index is 12.5. The molecule has 0 fully saturated rings. The van der Waals surface area contributed by atoms with Crippen LogP contribution in [0.25, 0.3) is 10.9 Å².